The van der Waals surface area contributed by atoms with Gasteiger partial charge in [0, 0.05) is 32.2 Å². The summed E-state index contributed by atoms with van der Waals surface area (Å²) >= 11 is 0. The van der Waals surface area contributed by atoms with Crippen molar-refractivity contribution in [2.24, 2.45) is 0 Å². The van der Waals surface area contributed by atoms with Crippen molar-refractivity contribution in [3.05, 3.63) is 35.9 Å². The first-order chi connectivity index (χ1) is 8.36. The minimum atomic E-state index is 0.0949. The first-order valence-corrected chi connectivity index (χ1v) is 6.28. The number of rotatable bonds is 2. The Kier molecular flexibility index (Phi) is 2.84. The number of nitrogens with zero attached hydrogens (tertiary/aromatic N) is 3. The third-order valence-electron chi connectivity index (χ3n) is 3.94. The van der Waals surface area contributed by atoms with Gasteiger partial charge in [0.25, 0.3) is 0 Å². The predicted octanol–water partition coefficient (Wildman–Crippen LogP) is 1.47. The molecule has 0 amide bonds. The molecular weight excluding hydrogens is 210 g/mol. The Morgan fingerprint density at radius 3 is 2.82 bits per heavy atom. The Morgan fingerprint density at radius 1 is 1.24 bits per heavy atom. The first kappa shape index (κ1) is 10.8. The molecule has 0 N–H and O–H groups in total. The highest BCUT2D eigenvalue weighted by molar-refractivity contribution is 5.15. The Morgan fingerprint density at radius 2 is 2.06 bits per heavy atom. The lowest BCUT2D eigenvalue weighted by Crippen LogP contribution is -2.51. The van der Waals surface area contributed by atoms with Gasteiger partial charge in [-0.25, -0.2) is 0 Å². The van der Waals surface area contributed by atoms with Gasteiger partial charge in [-0.05, 0) is 12.0 Å². The number of hydrogen-bond donors (Lipinski definition) is 0. The SMILES string of the molecule is N#CC1CN(Cc2ccccc2)C2CCN1C2. The van der Waals surface area contributed by atoms with Gasteiger partial charge in [-0.1, -0.05) is 30.3 Å². The normalized spacial score (nSPS) is 32.3. The van der Waals surface area contributed by atoms with Crippen molar-refractivity contribution in [1.29, 1.82) is 5.26 Å². The second-order valence-electron chi connectivity index (χ2n) is 5.00. The van der Waals surface area contributed by atoms with Crippen molar-refractivity contribution in [2.75, 3.05) is 19.6 Å². The molecule has 2 aliphatic heterocycles. The van der Waals surface area contributed by atoms with E-state index in [9.17, 15) is 5.26 Å². The molecule has 0 aromatic heterocycles. The van der Waals surface area contributed by atoms with E-state index in [0.717, 1.165) is 26.2 Å². The molecule has 2 bridgehead atoms. The predicted molar refractivity (Wildman–Crippen MR) is 66.2 cm³/mol. The third kappa shape index (κ3) is 2.06. The van der Waals surface area contributed by atoms with E-state index in [1.54, 1.807) is 0 Å². The fourth-order valence-corrected chi connectivity index (χ4v) is 2.97. The van der Waals surface area contributed by atoms with Crippen LogP contribution in [0.1, 0.15) is 12.0 Å². The molecule has 3 heteroatoms. The van der Waals surface area contributed by atoms with Crippen LogP contribution < -0.4 is 0 Å². The van der Waals surface area contributed by atoms with Crippen LogP contribution in [0.2, 0.25) is 0 Å². The first-order valence-electron chi connectivity index (χ1n) is 6.28. The van der Waals surface area contributed by atoms with E-state index in [2.05, 4.69) is 46.2 Å². The van der Waals surface area contributed by atoms with Gasteiger partial charge < -0.3 is 0 Å². The van der Waals surface area contributed by atoms with Crippen molar-refractivity contribution in [3.8, 4) is 6.07 Å². The van der Waals surface area contributed by atoms with Gasteiger partial charge >= 0.3 is 0 Å². The zero-order valence-electron chi connectivity index (χ0n) is 9.92. The average Bonchev–Trinajstić information content (AvgIpc) is 2.79. The standard InChI is InChI=1S/C14H17N3/c15-8-14-11-17(13-6-7-16(14)10-13)9-12-4-2-1-3-5-12/h1-5,13-14H,6-7,9-11H2. The molecule has 3 atom stereocenters. The lowest BCUT2D eigenvalue weighted by molar-refractivity contribution is 0.102. The molecule has 3 unspecified atom stereocenters. The summed E-state index contributed by atoms with van der Waals surface area (Å²) in [6.07, 6.45) is 1.21. The number of benzene rings is 1. The Balaban J connectivity index is 1.73. The molecule has 3 nitrogen and oxygen atoms in total. The van der Waals surface area contributed by atoms with E-state index in [0.29, 0.717) is 6.04 Å². The zero-order chi connectivity index (χ0) is 11.7. The highest BCUT2D eigenvalue weighted by Gasteiger charge is 2.38. The van der Waals surface area contributed by atoms with Crippen LogP contribution in [0.25, 0.3) is 0 Å². The average molecular weight is 227 g/mol. The smallest absolute Gasteiger partial charge is 0.111 e. The second-order valence-corrected chi connectivity index (χ2v) is 5.00. The maximum Gasteiger partial charge on any atom is 0.111 e. The summed E-state index contributed by atoms with van der Waals surface area (Å²) in [5.74, 6) is 0. The number of piperazine rings is 1. The van der Waals surface area contributed by atoms with Crippen LogP contribution in [0.5, 0.6) is 0 Å². The minimum Gasteiger partial charge on any atom is -0.292 e. The van der Waals surface area contributed by atoms with E-state index >= 15 is 0 Å². The molecule has 2 fully saturated rings. The lowest BCUT2D eigenvalue weighted by atomic mass is 10.1. The van der Waals surface area contributed by atoms with Crippen LogP contribution in [0.4, 0.5) is 0 Å². The second kappa shape index (κ2) is 4.48. The molecule has 2 aliphatic rings. The van der Waals surface area contributed by atoms with Crippen molar-refractivity contribution in [3.63, 3.8) is 0 Å². The molecule has 0 aliphatic carbocycles. The summed E-state index contributed by atoms with van der Waals surface area (Å²) in [5.41, 5.74) is 1.35. The van der Waals surface area contributed by atoms with Gasteiger partial charge in [0.15, 0.2) is 0 Å². The Labute approximate surface area is 102 Å². The molecule has 0 spiro atoms. The quantitative estimate of drug-likeness (QED) is 0.766. The Hall–Kier alpha value is -1.37. The van der Waals surface area contributed by atoms with Crippen molar-refractivity contribution < 1.29 is 0 Å². The third-order valence-corrected chi connectivity index (χ3v) is 3.94. The molecule has 2 heterocycles. The lowest BCUT2D eigenvalue weighted by Gasteiger charge is -2.37. The van der Waals surface area contributed by atoms with Crippen LogP contribution >= 0.6 is 0 Å². The van der Waals surface area contributed by atoms with Gasteiger partial charge in [0.1, 0.15) is 6.04 Å². The largest absolute Gasteiger partial charge is 0.292 e. The van der Waals surface area contributed by atoms with Gasteiger partial charge in [0.2, 0.25) is 0 Å². The van der Waals surface area contributed by atoms with Gasteiger partial charge in [-0.3, -0.25) is 9.80 Å². The van der Waals surface area contributed by atoms with Crippen LogP contribution in [-0.2, 0) is 6.54 Å². The molecule has 1 aromatic carbocycles. The maximum atomic E-state index is 9.18. The van der Waals surface area contributed by atoms with Crippen molar-refractivity contribution in [2.45, 2.75) is 25.0 Å². The van der Waals surface area contributed by atoms with Gasteiger partial charge in [0.05, 0.1) is 6.07 Å². The highest BCUT2D eigenvalue weighted by atomic mass is 15.3. The molecule has 17 heavy (non-hydrogen) atoms. The number of fused-ring (bicyclic) bond motifs is 2. The van der Waals surface area contributed by atoms with Crippen LogP contribution in [-0.4, -0.2) is 41.5 Å². The minimum absolute atomic E-state index is 0.0949. The van der Waals surface area contributed by atoms with E-state index in [1.165, 1.54) is 12.0 Å². The van der Waals surface area contributed by atoms with Crippen LogP contribution in [0.15, 0.2) is 30.3 Å². The van der Waals surface area contributed by atoms with Gasteiger partial charge in [-0.15, -0.1) is 0 Å². The molecule has 2 saturated heterocycles. The fraction of sp³-hybridized carbons (Fsp3) is 0.500. The monoisotopic (exact) mass is 227 g/mol. The van der Waals surface area contributed by atoms with E-state index in [4.69, 9.17) is 0 Å². The molecular formula is C14H17N3. The van der Waals surface area contributed by atoms with E-state index in [1.807, 2.05) is 0 Å². The fourth-order valence-electron chi connectivity index (χ4n) is 2.97. The summed E-state index contributed by atoms with van der Waals surface area (Å²) in [6.45, 7) is 4.05. The molecule has 88 valence electrons. The Bertz CT molecular complexity index is 423. The molecule has 3 rings (SSSR count). The van der Waals surface area contributed by atoms with Crippen molar-refractivity contribution >= 4 is 0 Å². The topological polar surface area (TPSA) is 30.3 Å². The highest BCUT2D eigenvalue weighted by Crippen LogP contribution is 2.25. The van der Waals surface area contributed by atoms with Crippen LogP contribution in [0, 0.1) is 11.3 Å². The maximum absolute atomic E-state index is 9.18. The van der Waals surface area contributed by atoms with Crippen LogP contribution in [0.3, 0.4) is 0 Å². The molecule has 1 aromatic rings. The van der Waals surface area contributed by atoms with Gasteiger partial charge in [-0.2, -0.15) is 5.26 Å². The summed E-state index contributed by atoms with van der Waals surface area (Å²) < 4.78 is 0. The summed E-state index contributed by atoms with van der Waals surface area (Å²) in [4.78, 5) is 4.80. The molecule has 0 radical (unpaired) electrons. The summed E-state index contributed by atoms with van der Waals surface area (Å²) in [6, 6.07) is 13.7. The number of hydrogen-bond acceptors (Lipinski definition) is 3. The van der Waals surface area contributed by atoms with E-state index in [-0.39, 0.29) is 6.04 Å². The van der Waals surface area contributed by atoms with E-state index < -0.39 is 0 Å². The van der Waals surface area contributed by atoms with Crippen molar-refractivity contribution in [1.82, 2.24) is 9.80 Å². The number of nitriles is 1. The zero-order valence-corrected chi connectivity index (χ0v) is 9.92. The summed E-state index contributed by atoms with van der Waals surface area (Å²) in [5, 5.41) is 9.18. The molecule has 0 saturated carbocycles. The summed E-state index contributed by atoms with van der Waals surface area (Å²) in [7, 11) is 0.